The van der Waals surface area contributed by atoms with Crippen LogP contribution >= 0.6 is 15.9 Å². The molecule has 0 amide bonds. The number of hydrogen-bond acceptors (Lipinski definition) is 2. The van der Waals surface area contributed by atoms with Crippen LogP contribution in [-0.2, 0) is 4.79 Å². The number of carbonyl (C=O) groups excluding carboxylic acids is 1. The van der Waals surface area contributed by atoms with Crippen molar-refractivity contribution in [3.8, 4) is 5.75 Å². The largest absolute Gasteiger partial charge is 0.485 e. The first kappa shape index (κ1) is 9.46. The van der Waals surface area contributed by atoms with Gasteiger partial charge in [0.25, 0.3) is 0 Å². The second-order valence-corrected chi connectivity index (χ2v) is 4.12. The molecule has 0 fully saturated rings. The predicted molar refractivity (Wildman–Crippen MR) is 58.3 cm³/mol. The van der Waals surface area contributed by atoms with Gasteiger partial charge in [-0.1, -0.05) is 15.9 Å². The zero-order chi connectivity index (χ0) is 10.1. The molecule has 2 rings (SSSR count). The second-order valence-electron chi connectivity index (χ2n) is 3.20. The van der Waals surface area contributed by atoms with Crippen LogP contribution in [0.3, 0.4) is 0 Å². The van der Waals surface area contributed by atoms with E-state index in [0.29, 0.717) is 5.57 Å². The van der Waals surface area contributed by atoms with Crippen LogP contribution in [0, 0.1) is 0 Å². The summed E-state index contributed by atoms with van der Waals surface area (Å²) in [6, 6.07) is 5.75. The van der Waals surface area contributed by atoms with Crippen LogP contribution < -0.4 is 4.74 Å². The summed E-state index contributed by atoms with van der Waals surface area (Å²) in [5, 5.41) is 0. The van der Waals surface area contributed by atoms with E-state index >= 15 is 0 Å². The molecular formula is C11H9BrO2. The topological polar surface area (TPSA) is 26.3 Å². The summed E-state index contributed by atoms with van der Waals surface area (Å²) in [7, 11) is 0. The number of benzene rings is 1. The van der Waals surface area contributed by atoms with E-state index in [0.717, 1.165) is 22.1 Å². The van der Waals surface area contributed by atoms with Crippen molar-refractivity contribution in [1.29, 1.82) is 0 Å². The van der Waals surface area contributed by atoms with Gasteiger partial charge in [0, 0.05) is 15.6 Å². The van der Waals surface area contributed by atoms with Gasteiger partial charge in [-0.25, -0.2) is 0 Å². The fourth-order valence-corrected chi connectivity index (χ4v) is 1.80. The number of fused-ring (bicyclic) bond motifs is 1. The van der Waals surface area contributed by atoms with Gasteiger partial charge >= 0.3 is 0 Å². The summed E-state index contributed by atoms with van der Waals surface area (Å²) < 4.78 is 6.55. The van der Waals surface area contributed by atoms with Gasteiger partial charge < -0.3 is 4.74 Å². The van der Waals surface area contributed by atoms with E-state index in [9.17, 15) is 4.79 Å². The molecule has 14 heavy (non-hydrogen) atoms. The lowest BCUT2D eigenvalue weighted by Gasteiger charge is -2.21. The Morgan fingerprint density at radius 3 is 3.00 bits per heavy atom. The lowest BCUT2D eigenvalue weighted by Crippen LogP contribution is -2.19. The molecule has 1 aliphatic heterocycles. The highest BCUT2D eigenvalue weighted by atomic mass is 79.9. The maximum absolute atomic E-state index is 10.7. The van der Waals surface area contributed by atoms with Gasteiger partial charge in [-0.2, -0.15) is 0 Å². The SMILES string of the molecule is CC1Oc2ccc(Br)cc2C=C1C=O. The van der Waals surface area contributed by atoms with E-state index in [4.69, 9.17) is 4.74 Å². The summed E-state index contributed by atoms with van der Waals surface area (Å²) in [5.41, 5.74) is 1.62. The van der Waals surface area contributed by atoms with Crippen LogP contribution in [0.2, 0.25) is 0 Å². The Balaban J connectivity index is 2.51. The summed E-state index contributed by atoms with van der Waals surface area (Å²) in [4.78, 5) is 10.7. The molecule has 0 saturated heterocycles. The summed E-state index contributed by atoms with van der Waals surface area (Å²) in [6.07, 6.45) is 2.55. The minimum absolute atomic E-state index is 0.152. The Morgan fingerprint density at radius 1 is 1.50 bits per heavy atom. The van der Waals surface area contributed by atoms with Gasteiger partial charge in [0.15, 0.2) is 0 Å². The molecule has 1 unspecified atom stereocenters. The van der Waals surface area contributed by atoms with Gasteiger partial charge in [-0.15, -0.1) is 0 Å². The molecule has 1 atom stereocenters. The van der Waals surface area contributed by atoms with Crippen LogP contribution in [0.4, 0.5) is 0 Å². The van der Waals surface area contributed by atoms with E-state index < -0.39 is 0 Å². The molecule has 1 aromatic rings. The molecule has 1 aromatic carbocycles. The number of carbonyl (C=O) groups is 1. The normalized spacial score (nSPS) is 19.3. The molecule has 1 heterocycles. The third-order valence-corrected chi connectivity index (χ3v) is 2.70. The monoisotopic (exact) mass is 252 g/mol. The number of rotatable bonds is 1. The first-order valence-electron chi connectivity index (χ1n) is 4.33. The number of aldehydes is 1. The lowest BCUT2D eigenvalue weighted by atomic mass is 10.0. The van der Waals surface area contributed by atoms with Crippen LogP contribution in [-0.4, -0.2) is 12.4 Å². The standard InChI is InChI=1S/C11H9BrO2/c1-7-9(6-13)4-8-5-10(12)2-3-11(8)14-7/h2-7H,1H3. The van der Waals surface area contributed by atoms with Crippen molar-refractivity contribution in [3.05, 3.63) is 33.8 Å². The Bertz CT molecular complexity index is 410. The van der Waals surface area contributed by atoms with Gasteiger partial charge in [0.1, 0.15) is 18.1 Å². The second kappa shape index (κ2) is 3.58. The minimum atomic E-state index is -0.152. The molecule has 0 N–H and O–H groups in total. The van der Waals surface area contributed by atoms with Crippen molar-refractivity contribution in [2.45, 2.75) is 13.0 Å². The molecule has 0 saturated carbocycles. The molecule has 1 aliphatic rings. The van der Waals surface area contributed by atoms with Gasteiger partial charge in [-0.3, -0.25) is 4.79 Å². The van der Waals surface area contributed by atoms with Crippen LogP contribution in [0.5, 0.6) is 5.75 Å². The maximum atomic E-state index is 10.7. The Hall–Kier alpha value is -1.09. The molecule has 0 bridgehead atoms. The Kier molecular flexibility index (Phi) is 2.42. The van der Waals surface area contributed by atoms with E-state index in [1.54, 1.807) is 0 Å². The smallest absolute Gasteiger partial charge is 0.149 e. The molecule has 2 nitrogen and oxygen atoms in total. The Labute approximate surface area is 90.7 Å². The molecule has 72 valence electrons. The number of ether oxygens (including phenoxy) is 1. The molecule has 0 aromatic heterocycles. The highest BCUT2D eigenvalue weighted by Crippen LogP contribution is 2.30. The molecule has 0 aliphatic carbocycles. The van der Waals surface area contributed by atoms with Crippen molar-refractivity contribution in [3.63, 3.8) is 0 Å². The van der Waals surface area contributed by atoms with Gasteiger partial charge in [0.2, 0.25) is 0 Å². The lowest BCUT2D eigenvalue weighted by molar-refractivity contribution is -0.105. The molecule has 0 spiro atoms. The van der Waals surface area contributed by atoms with Crippen LogP contribution in [0.25, 0.3) is 6.08 Å². The van der Waals surface area contributed by atoms with Crippen molar-refractivity contribution >= 4 is 28.3 Å². The zero-order valence-corrected chi connectivity index (χ0v) is 9.24. The van der Waals surface area contributed by atoms with E-state index in [1.807, 2.05) is 31.2 Å². The zero-order valence-electron chi connectivity index (χ0n) is 7.66. The maximum Gasteiger partial charge on any atom is 0.149 e. The van der Waals surface area contributed by atoms with Crippen molar-refractivity contribution in [2.24, 2.45) is 0 Å². The van der Waals surface area contributed by atoms with Gasteiger partial charge in [0.05, 0.1) is 0 Å². The number of halogens is 1. The Morgan fingerprint density at radius 2 is 2.29 bits per heavy atom. The molecular weight excluding hydrogens is 244 g/mol. The minimum Gasteiger partial charge on any atom is -0.485 e. The average molecular weight is 253 g/mol. The quantitative estimate of drug-likeness (QED) is 0.719. The first-order chi connectivity index (χ1) is 6.70. The van der Waals surface area contributed by atoms with E-state index in [-0.39, 0.29) is 6.10 Å². The first-order valence-corrected chi connectivity index (χ1v) is 5.13. The van der Waals surface area contributed by atoms with Gasteiger partial charge in [-0.05, 0) is 31.2 Å². The predicted octanol–water partition coefficient (Wildman–Crippen LogP) is 2.81. The van der Waals surface area contributed by atoms with Crippen molar-refractivity contribution in [2.75, 3.05) is 0 Å². The van der Waals surface area contributed by atoms with Crippen molar-refractivity contribution in [1.82, 2.24) is 0 Å². The third kappa shape index (κ3) is 1.60. The highest BCUT2D eigenvalue weighted by Gasteiger charge is 2.17. The highest BCUT2D eigenvalue weighted by molar-refractivity contribution is 9.10. The number of hydrogen-bond donors (Lipinski definition) is 0. The molecule has 3 heteroatoms. The summed E-state index contributed by atoms with van der Waals surface area (Å²) >= 11 is 3.37. The summed E-state index contributed by atoms with van der Waals surface area (Å²) in [6.45, 7) is 1.87. The van der Waals surface area contributed by atoms with Crippen LogP contribution in [0.15, 0.2) is 28.2 Å². The third-order valence-electron chi connectivity index (χ3n) is 2.20. The van der Waals surface area contributed by atoms with Crippen LogP contribution in [0.1, 0.15) is 12.5 Å². The van der Waals surface area contributed by atoms with E-state index in [2.05, 4.69) is 15.9 Å². The fraction of sp³-hybridized carbons (Fsp3) is 0.182. The van der Waals surface area contributed by atoms with Crippen molar-refractivity contribution < 1.29 is 9.53 Å². The summed E-state index contributed by atoms with van der Waals surface area (Å²) in [5.74, 6) is 0.825. The fourth-order valence-electron chi connectivity index (χ4n) is 1.42. The average Bonchev–Trinajstić information content (AvgIpc) is 2.17. The molecule has 0 radical (unpaired) electrons. The van der Waals surface area contributed by atoms with E-state index in [1.165, 1.54) is 0 Å².